The predicted molar refractivity (Wildman–Crippen MR) is 70.3 cm³/mol. The number of nitrogens with zero attached hydrogens (tertiary/aromatic N) is 1. The van der Waals surface area contributed by atoms with Crippen LogP contribution in [0.5, 0.6) is 0 Å². The normalized spacial score (nSPS) is 15.1. The lowest BCUT2D eigenvalue weighted by molar-refractivity contribution is -0.110. The molecule has 2 rings (SSSR count). The molecule has 0 aromatic carbocycles. The van der Waals surface area contributed by atoms with Crippen molar-refractivity contribution >= 4 is 35.4 Å². The molecule has 2 heterocycles. The van der Waals surface area contributed by atoms with E-state index in [-0.39, 0.29) is 11.4 Å². The number of hydrogen-bond donors (Lipinski definition) is 0. The number of furan rings is 1. The number of rotatable bonds is 3. The largest absolute Gasteiger partial charge is 0.465 e. The summed E-state index contributed by atoms with van der Waals surface area (Å²) >= 11 is 3.14. The molecule has 0 radical (unpaired) electrons. The number of nitriles is 1. The van der Waals surface area contributed by atoms with Crippen LogP contribution in [-0.2, 0) is 4.79 Å². The molecule has 0 bridgehead atoms. The molecular formula is C12H9NO2S2. The van der Waals surface area contributed by atoms with Crippen LogP contribution in [0, 0.1) is 11.3 Å². The zero-order chi connectivity index (χ0) is 12.1. The van der Waals surface area contributed by atoms with Crippen molar-refractivity contribution in [1.82, 2.24) is 0 Å². The Labute approximate surface area is 108 Å². The first-order chi connectivity index (χ1) is 8.31. The summed E-state index contributed by atoms with van der Waals surface area (Å²) in [6, 6.07) is 5.48. The molecule has 86 valence electrons. The summed E-state index contributed by atoms with van der Waals surface area (Å²) in [5, 5.41) is 9.00. The van der Waals surface area contributed by atoms with Crippen molar-refractivity contribution in [2.24, 2.45) is 0 Å². The molecule has 17 heavy (non-hydrogen) atoms. The Bertz CT molecular complexity index is 501. The molecule has 1 fully saturated rings. The van der Waals surface area contributed by atoms with Crippen LogP contribution < -0.4 is 0 Å². The molecule has 1 aliphatic heterocycles. The maximum atomic E-state index is 11.8. The third kappa shape index (κ3) is 3.05. The SMILES string of the molecule is N#CC(C(=O)/C=C/c1ccco1)=C1SCCS1. The molecule has 0 atom stereocenters. The Morgan fingerprint density at radius 1 is 1.47 bits per heavy atom. The first-order valence-corrected chi connectivity index (χ1v) is 6.94. The summed E-state index contributed by atoms with van der Waals surface area (Å²) < 4.78 is 5.91. The van der Waals surface area contributed by atoms with E-state index in [4.69, 9.17) is 9.68 Å². The molecule has 1 saturated heterocycles. The Morgan fingerprint density at radius 3 is 2.82 bits per heavy atom. The monoisotopic (exact) mass is 263 g/mol. The van der Waals surface area contributed by atoms with Crippen LogP contribution >= 0.6 is 23.5 Å². The van der Waals surface area contributed by atoms with Crippen LogP contribution in [0.3, 0.4) is 0 Å². The molecule has 1 aliphatic rings. The number of allylic oxidation sites excluding steroid dienone is 2. The molecule has 3 nitrogen and oxygen atoms in total. The highest BCUT2D eigenvalue weighted by atomic mass is 32.2. The second-order valence-corrected chi connectivity index (χ2v) is 5.65. The van der Waals surface area contributed by atoms with Crippen molar-refractivity contribution in [2.45, 2.75) is 0 Å². The van der Waals surface area contributed by atoms with Crippen LogP contribution in [0.4, 0.5) is 0 Å². The van der Waals surface area contributed by atoms with Crippen LogP contribution in [-0.4, -0.2) is 17.3 Å². The highest BCUT2D eigenvalue weighted by Crippen LogP contribution is 2.38. The van der Waals surface area contributed by atoms with E-state index in [0.29, 0.717) is 5.76 Å². The average molecular weight is 263 g/mol. The zero-order valence-corrected chi connectivity index (χ0v) is 10.5. The van der Waals surface area contributed by atoms with E-state index in [1.54, 1.807) is 41.7 Å². The smallest absolute Gasteiger partial charge is 0.198 e. The molecule has 1 aromatic heterocycles. The van der Waals surface area contributed by atoms with Crippen LogP contribution in [0.15, 0.2) is 38.7 Å². The minimum Gasteiger partial charge on any atom is -0.465 e. The predicted octanol–water partition coefficient (Wildman–Crippen LogP) is 3.08. The van der Waals surface area contributed by atoms with Crippen molar-refractivity contribution in [3.63, 3.8) is 0 Å². The van der Waals surface area contributed by atoms with Gasteiger partial charge in [0.15, 0.2) is 5.78 Å². The Hall–Kier alpha value is -1.38. The third-order valence-electron chi connectivity index (χ3n) is 2.05. The minimum absolute atomic E-state index is 0.236. The minimum atomic E-state index is -0.263. The van der Waals surface area contributed by atoms with Crippen molar-refractivity contribution in [3.05, 3.63) is 40.0 Å². The molecule has 0 unspecified atom stereocenters. The Morgan fingerprint density at radius 2 is 2.24 bits per heavy atom. The Balaban J connectivity index is 2.14. The van der Waals surface area contributed by atoms with Gasteiger partial charge in [0.1, 0.15) is 17.4 Å². The summed E-state index contributed by atoms with van der Waals surface area (Å²) in [6.07, 6.45) is 4.49. The lowest BCUT2D eigenvalue weighted by Gasteiger charge is -1.96. The highest BCUT2D eigenvalue weighted by Gasteiger charge is 2.18. The number of carbonyl (C=O) groups is 1. The molecular weight excluding hydrogens is 254 g/mol. The topological polar surface area (TPSA) is 54.0 Å². The van der Waals surface area contributed by atoms with Gasteiger partial charge in [-0.3, -0.25) is 4.79 Å². The fourth-order valence-corrected chi connectivity index (χ4v) is 3.74. The van der Waals surface area contributed by atoms with E-state index < -0.39 is 0 Å². The van der Waals surface area contributed by atoms with Crippen molar-refractivity contribution in [2.75, 3.05) is 11.5 Å². The van der Waals surface area contributed by atoms with Gasteiger partial charge in [-0.25, -0.2) is 0 Å². The second-order valence-electron chi connectivity index (χ2n) is 3.18. The van der Waals surface area contributed by atoms with Gasteiger partial charge >= 0.3 is 0 Å². The fourth-order valence-electron chi connectivity index (χ4n) is 1.28. The van der Waals surface area contributed by atoms with Gasteiger partial charge in [0, 0.05) is 11.5 Å². The van der Waals surface area contributed by atoms with Gasteiger partial charge in [-0.05, 0) is 24.3 Å². The first kappa shape index (κ1) is 12.1. The lowest BCUT2D eigenvalue weighted by atomic mass is 10.2. The summed E-state index contributed by atoms with van der Waals surface area (Å²) in [7, 11) is 0. The molecule has 5 heteroatoms. The molecule has 0 amide bonds. The van der Waals surface area contributed by atoms with Crippen LogP contribution in [0.2, 0.25) is 0 Å². The van der Waals surface area contributed by atoms with E-state index >= 15 is 0 Å². The van der Waals surface area contributed by atoms with Crippen LogP contribution in [0.25, 0.3) is 6.08 Å². The summed E-state index contributed by atoms with van der Waals surface area (Å²) in [5.41, 5.74) is 0.236. The quantitative estimate of drug-likeness (QED) is 0.619. The lowest BCUT2D eigenvalue weighted by Crippen LogP contribution is -1.97. The number of ketones is 1. The molecule has 0 saturated carbocycles. The van der Waals surface area contributed by atoms with Gasteiger partial charge in [0.25, 0.3) is 0 Å². The summed E-state index contributed by atoms with van der Waals surface area (Å²) in [6.45, 7) is 0. The highest BCUT2D eigenvalue weighted by molar-refractivity contribution is 8.25. The Kier molecular flexibility index (Phi) is 4.13. The zero-order valence-electron chi connectivity index (χ0n) is 8.88. The summed E-state index contributed by atoms with van der Waals surface area (Å²) in [5.74, 6) is 2.26. The number of carbonyl (C=O) groups excluding carboxylic acids is 1. The van der Waals surface area contributed by atoms with Crippen molar-refractivity contribution in [3.8, 4) is 6.07 Å². The average Bonchev–Trinajstić information content (AvgIpc) is 3.00. The molecule has 0 N–H and O–H groups in total. The second kappa shape index (κ2) is 5.80. The number of thioether (sulfide) groups is 2. The maximum absolute atomic E-state index is 11.8. The molecule has 1 aromatic rings. The standard InChI is InChI=1S/C12H9NO2S2/c13-8-10(12-16-6-7-17-12)11(14)4-3-9-2-1-5-15-9/h1-5H,6-7H2/b4-3+. The van der Waals surface area contributed by atoms with Gasteiger partial charge < -0.3 is 4.42 Å². The van der Waals surface area contributed by atoms with E-state index in [1.165, 1.54) is 12.3 Å². The van der Waals surface area contributed by atoms with E-state index in [2.05, 4.69) is 0 Å². The van der Waals surface area contributed by atoms with E-state index in [0.717, 1.165) is 15.7 Å². The molecule has 0 spiro atoms. The van der Waals surface area contributed by atoms with Crippen molar-refractivity contribution in [1.29, 1.82) is 5.26 Å². The van der Waals surface area contributed by atoms with E-state index in [1.807, 2.05) is 6.07 Å². The molecule has 0 aliphatic carbocycles. The fraction of sp³-hybridized carbons (Fsp3) is 0.167. The van der Waals surface area contributed by atoms with Gasteiger partial charge in [0.2, 0.25) is 0 Å². The first-order valence-electron chi connectivity index (χ1n) is 4.97. The van der Waals surface area contributed by atoms with Gasteiger partial charge in [-0.2, -0.15) is 5.26 Å². The maximum Gasteiger partial charge on any atom is 0.198 e. The van der Waals surface area contributed by atoms with Crippen molar-refractivity contribution < 1.29 is 9.21 Å². The van der Waals surface area contributed by atoms with Gasteiger partial charge in [-0.15, -0.1) is 23.5 Å². The van der Waals surface area contributed by atoms with Gasteiger partial charge in [0.05, 0.1) is 10.5 Å². The third-order valence-corrected chi connectivity index (χ3v) is 4.77. The van der Waals surface area contributed by atoms with Gasteiger partial charge in [-0.1, -0.05) is 0 Å². The number of hydrogen-bond acceptors (Lipinski definition) is 5. The van der Waals surface area contributed by atoms with Crippen LogP contribution in [0.1, 0.15) is 5.76 Å². The summed E-state index contributed by atoms with van der Waals surface area (Å²) in [4.78, 5) is 11.8. The van der Waals surface area contributed by atoms with E-state index in [9.17, 15) is 4.79 Å².